The van der Waals surface area contributed by atoms with E-state index in [9.17, 15) is 4.79 Å². The number of carbonyl (C=O) groups is 1. The molecule has 1 aromatic heterocycles. The molecule has 0 spiro atoms. The van der Waals surface area contributed by atoms with Crippen LogP contribution < -0.4 is 20.1 Å². The van der Waals surface area contributed by atoms with Crippen molar-refractivity contribution in [1.29, 1.82) is 0 Å². The van der Waals surface area contributed by atoms with Gasteiger partial charge in [-0.2, -0.15) is 0 Å². The molecule has 6 heteroatoms. The Morgan fingerprint density at radius 2 is 1.86 bits per heavy atom. The maximum Gasteiger partial charge on any atom is 0.319 e. The topological polar surface area (TPSA) is 64.5 Å². The van der Waals surface area contributed by atoms with Gasteiger partial charge in [0.05, 0.1) is 26.5 Å². The molecule has 2 amide bonds. The first kappa shape index (κ1) is 20.3. The minimum absolute atomic E-state index is 0.309. The maximum atomic E-state index is 12.4. The number of aromatic nitrogens is 1. The molecule has 6 nitrogen and oxygen atoms in total. The van der Waals surface area contributed by atoms with Crippen LogP contribution in [0.4, 0.5) is 10.5 Å². The number of methoxy groups -OCH3 is 2. The van der Waals surface area contributed by atoms with Gasteiger partial charge in [0, 0.05) is 24.5 Å². The highest BCUT2D eigenvalue weighted by Gasteiger charge is 2.10. The fourth-order valence-electron chi connectivity index (χ4n) is 3.17. The number of ether oxygens (including phenoxy) is 2. The van der Waals surface area contributed by atoms with E-state index in [4.69, 9.17) is 9.47 Å². The Labute approximate surface area is 171 Å². The zero-order valence-electron chi connectivity index (χ0n) is 17.3. The van der Waals surface area contributed by atoms with Gasteiger partial charge in [-0.25, -0.2) is 4.79 Å². The molecule has 2 aromatic carbocycles. The number of hydrogen-bond donors (Lipinski definition) is 2. The SMILES string of the molecule is COc1ccc(OC)c(NC(=O)NCc2cccn2Cc2cc(C)ccc2C)c1. The number of nitrogens with zero attached hydrogens (tertiary/aromatic N) is 1. The lowest BCUT2D eigenvalue weighted by Crippen LogP contribution is -2.29. The van der Waals surface area contributed by atoms with Gasteiger partial charge in [0.1, 0.15) is 11.5 Å². The first-order valence-corrected chi connectivity index (χ1v) is 9.47. The largest absolute Gasteiger partial charge is 0.497 e. The Bertz CT molecular complexity index is 995. The number of hydrogen-bond acceptors (Lipinski definition) is 3. The molecule has 0 unspecified atom stereocenters. The van der Waals surface area contributed by atoms with Gasteiger partial charge in [-0.3, -0.25) is 0 Å². The number of amides is 2. The molecule has 0 fully saturated rings. The Kier molecular flexibility index (Phi) is 6.44. The van der Waals surface area contributed by atoms with Crippen molar-refractivity contribution in [2.45, 2.75) is 26.9 Å². The normalized spacial score (nSPS) is 10.5. The molecule has 0 atom stereocenters. The fraction of sp³-hybridized carbons (Fsp3) is 0.261. The second-order valence-electron chi connectivity index (χ2n) is 6.93. The molecule has 0 aliphatic rings. The van der Waals surface area contributed by atoms with E-state index in [0.717, 1.165) is 12.2 Å². The second-order valence-corrected chi connectivity index (χ2v) is 6.93. The zero-order chi connectivity index (χ0) is 20.8. The van der Waals surface area contributed by atoms with Gasteiger partial charge >= 0.3 is 6.03 Å². The minimum atomic E-state index is -0.309. The van der Waals surface area contributed by atoms with Gasteiger partial charge in [-0.15, -0.1) is 0 Å². The molecule has 3 rings (SSSR count). The molecule has 29 heavy (non-hydrogen) atoms. The van der Waals surface area contributed by atoms with Crippen LogP contribution in [0.25, 0.3) is 0 Å². The molecule has 0 bridgehead atoms. The molecule has 0 saturated carbocycles. The van der Waals surface area contributed by atoms with Crippen molar-refractivity contribution in [3.8, 4) is 11.5 Å². The van der Waals surface area contributed by atoms with Crippen molar-refractivity contribution in [3.05, 3.63) is 77.1 Å². The highest BCUT2D eigenvalue weighted by molar-refractivity contribution is 5.91. The van der Waals surface area contributed by atoms with E-state index < -0.39 is 0 Å². The molecule has 1 heterocycles. The average Bonchev–Trinajstić information content (AvgIpc) is 3.16. The molecular formula is C23H27N3O3. The molecular weight excluding hydrogens is 366 g/mol. The summed E-state index contributed by atoms with van der Waals surface area (Å²) < 4.78 is 12.7. The van der Waals surface area contributed by atoms with Crippen molar-refractivity contribution in [2.24, 2.45) is 0 Å². The van der Waals surface area contributed by atoms with Gasteiger partial charge in [-0.1, -0.05) is 23.8 Å². The van der Waals surface area contributed by atoms with E-state index in [1.165, 1.54) is 16.7 Å². The summed E-state index contributed by atoms with van der Waals surface area (Å²) in [7, 11) is 3.14. The number of rotatable bonds is 7. The molecule has 0 radical (unpaired) electrons. The molecule has 3 aromatic rings. The standard InChI is InChI=1S/C23H27N3O3/c1-16-7-8-17(2)18(12-16)15-26-11-5-6-19(26)14-24-23(27)25-21-13-20(28-3)9-10-22(21)29-4/h5-13H,14-15H2,1-4H3,(H2,24,25,27). The Hall–Kier alpha value is -3.41. The third-order valence-corrected chi connectivity index (χ3v) is 4.85. The number of carbonyl (C=O) groups excluding carboxylic acids is 1. The monoisotopic (exact) mass is 393 g/mol. The first-order chi connectivity index (χ1) is 14.0. The Balaban J connectivity index is 1.65. The predicted octanol–water partition coefficient (Wildman–Crippen LogP) is 4.49. The van der Waals surface area contributed by atoms with Crippen molar-refractivity contribution >= 4 is 11.7 Å². The summed E-state index contributed by atoms with van der Waals surface area (Å²) in [5.41, 5.74) is 5.34. The highest BCUT2D eigenvalue weighted by Crippen LogP contribution is 2.28. The van der Waals surface area contributed by atoms with Crippen molar-refractivity contribution in [3.63, 3.8) is 0 Å². The predicted molar refractivity (Wildman–Crippen MR) is 115 cm³/mol. The molecule has 0 aliphatic heterocycles. The van der Waals surface area contributed by atoms with Crippen molar-refractivity contribution in [1.82, 2.24) is 9.88 Å². The van der Waals surface area contributed by atoms with E-state index >= 15 is 0 Å². The number of aryl methyl sites for hydroxylation is 2. The summed E-state index contributed by atoms with van der Waals surface area (Å²) >= 11 is 0. The van der Waals surface area contributed by atoms with Crippen LogP contribution in [0.5, 0.6) is 11.5 Å². The Morgan fingerprint density at radius 1 is 1.03 bits per heavy atom. The van der Waals surface area contributed by atoms with Crippen LogP contribution in [0.2, 0.25) is 0 Å². The average molecular weight is 393 g/mol. The lowest BCUT2D eigenvalue weighted by Gasteiger charge is -2.14. The van der Waals surface area contributed by atoms with Crippen LogP contribution in [0, 0.1) is 13.8 Å². The molecule has 0 aliphatic carbocycles. The summed E-state index contributed by atoms with van der Waals surface area (Å²) in [6.07, 6.45) is 2.03. The number of anilines is 1. The third-order valence-electron chi connectivity index (χ3n) is 4.85. The summed E-state index contributed by atoms with van der Waals surface area (Å²) in [5.74, 6) is 1.21. The highest BCUT2D eigenvalue weighted by atomic mass is 16.5. The van der Waals surface area contributed by atoms with E-state index in [1.54, 1.807) is 32.4 Å². The molecule has 2 N–H and O–H groups in total. The number of benzene rings is 2. The van der Waals surface area contributed by atoms with Crippen molar-refractivity contribution < 1.29 is 14.3 Å². The molecule has 0 saturated heterocycles. The quantitative estimate of drug-likeness (QED) is 0.622. The molecule has 152 valence electrons. The summed E-state index contributed by atoms with van der Waals surface area (Å²) in [6, 6.07) is 15.4. The summed E-state index contributed by atoms with van der Waals surface area (Å²) in [4.78, 5) is 12.4. The van der Waals surface area contributed by atoms with Gasteiger partial charge < -0.3 is 24.7 Å². The van der Waals surface area contributed by atoms with Crippen LogP contribution in [0.1, 0.15) is 22.4 Å². The van der Waals surface area contributed by atoms with Crippen LogP contribution in [-0.2, 0) is 13.1 Å². The van der Waals surface area contributed by atoms with E-state index in [1.807, 2.05) is 18.3 Å². The number of nitrogens with one attached hydrogen (secondary N) is 2. The van der Waals surface area contributed by atoms with Crippen LogP contribution in [-0.4, -0.2) is 24.8 Å². The van der Waals surface area contributed by atoms with Crippen LogP contribution >= 0.6 is 0 Å². The van der Waals surface area contributed by atoms with E-state index in [0.29, 0.717) is 23.7 Å². The van der Waals surface area contributed by atoms with Gasteiger partial charge in [-0.05, 0) is 49.2 Å². The first-order valence-electron chi connectivity index (χ1n) is 9.47. The van der Waals surface area contributed by atoms with Crippen LogP contribution in [0.3, 0.4) is 0 Å². The lowest BCUT2D eigenvalue weighted by molar-refractivity contribution is 0.251. The third kappa shape index (κ3) is 5.10. The minimum Gasteiger partial charge on any atom is -0.497 e. The fourth-order valence-corrected chi connectivity index (χ4v) is 3.17. The zero-order valence-corrected chi connectivity index (χ0v) is 17.3. The van der Waals surface area contributed by atoms with Gasteiger partial charge in [0.15, 0.2) is 0 Å². The van der Waals surface area contributed by atoms with Gasteiger partial charge in [0.25, 0.3) is 0 Å². The van der Waals surface area contributed by atoms with E-state index in [2.05, 4.69) is 47.2 Å². The maximum absolute atomic E-state index is 12.4. The summed E-state index contributed by atoms with van der Waals surface area (Å²) in [5, 5.41) is 5.73. The van der Waals surface area contributed by atoms with E-state index in [-0.39, 0.29) is 6.03 Å². The van der Waals surface area contributed by atoms with Crippen molar-refractivity contribution in [2.75, 3.05) is 19.5 Å². The summed E-state index contributed by atoms with van der Waals surface area (Å²) in [6.45, 7) is 5.39. The second kappa shape index (κ2) is 9.19. The van der Waals surface area contributed by atoms with Gasteiger partial charge in [0.2, 0.25) is 0 Å². The van der Waals surface area contributed by atoms with Crippen LogP contribution in [0.15, 0.2) is 54.7 Å². The number of urea groups is 1. The lowest BCUT2D eigenvalue weighted by atomic mass is 10.1. The Morgan fingerprint density at radius 3 is 2.62 bits per heavy atom. The smallest absolute Gasteiger partial charge is 0.319 e.